The third-order valence-corrected chi connectivity index (χ3v) is 9.99. The van der Waals surface area contributed by atoms with Crippen molar-refractivity contribution >= 4 is 5.69 Å². The van der Waals surface area contributed by atoms with Gasteiger partial charge in [-0.15, -0.1) is 0 Å². The van der Waals surface area contributed by atoms with E-state index in [1.54, 1.807) is 0 Å². The Hall–Kier alpha value is -5.87. The average Bonchev–Trinajstić information content (AvgIpc) is 3.50. The van der Waals surface area contributed by atoms with Gasteiger partial charge >= 0.3 is 0 Å². The number of nitrogens with zero attached hydrogens (tertiary/aromatic N) is 4. The zero-order valence-electron chi connectivity index (χ0n) is 29.5. The summed E-state index contributed by atoms with van der Waals surface area (Å²) in [5.41, 5.74) is 9.54. The van der Waals surface area contributed by atoms with Crippen LogP contribution in [0.3, 0.4) is 0 Å². The van der Waals surface area contributed by atoms with Crippen molar-refractivity contribution in [2.24, 2.45) is 0 Å². The van der Waals surface area contributed by atoms with Crippen LogP contribution < -0.4 is 4.90 Å². The first kappa shape index (κ1) is 32.3. The topological polar surface area (TPSA) is 41.9 Å². The molecule has 0 saturated carbocycles. The lowest BCUT2D eigenvalue weighted by Gasteiger charge is -2.46. The molecule has 1 radical (unpaired) electrons. The average molecular weight is 662 g/mol. The van der Waals surface area contributed by atoms with E-state index in [1.807, 2.05) is 36.4 Å². The first-order chi connectivity index (χ1) is 25.0. The fraction of sp³-hybridized carbons (Fsp3) is 0.149. The number of rotatable bonds is 8. The Morgan fingerprint density at radius 3 is 1.31 bits per heavy atom. The van der Waals surface area contributed by atoms with Gasteiger partial charge in [0.1, 0.15) is 5.54 Å². The summed E-state index contributed by atoms with van der Waals surface area (Å²) < 4.78 is 0. The van der Waals surface area contributed by atoms with Crippen LogP contribution in [0, 0.1) is 6.04 Å². The monoisotopic (exact) mass is 661 g/mol. The standard InChI is InChI=1S/C47H41N4/c1-32(2)38-29-19-30-39(33(3)4)42(38)51-43(46-49-44(34-20-9-5-10-21-34)48-45(50-46)35-22-11-6-12-23-35)40-28-17-18-31-41(40)47(51,36-24-13-7-14-25-36)37-26-15-8-16-27-37/h5-33H,1-4H3. The van der Waals surface area contributed by atoms with Gasteiger partial charge in [-0.3, -0.25) is 0 Å². The molecule has 0 bridgehead atoms. The van der Waals surface area contributed by atoms with Gasteiger partial charge in [0.05, 0.1) is 0 Å². The van der Waals surface area contributed by atoms with Gasteiger partial charge in [0.2, 0.25) is 0 Å². The largest absolute Gasteiger partial charge is 0.333 e. The fourth-order valence-electron chi connectivity index (χ4n) is 7.69. The van der Waals surface area contributed by atoms with E-state index in [0.29, 0.717) is 17.5 Å². The molecule has 4 nitrogen and oxygen atoms in total. The second kappa shape index (κ2) is 13.4. The summed E-state index contributed by atoms with van der Waals surface area (Å²) in [5, 5.41) is 0. The first-order valence-electron chi connectivity index (χ1n) is 17.9. The van der Waals surface area contributed by atoms with E-state index < -0.39 is 5.54 Å². The molecule has 0 spiro atoms. The Morgan fingerprint density at radius 2 is 0.843 bits per heavy atom. The molecular weight excluding hydrogens is 621 g/mol. The van der Waals surface area contributed by atoms with E-state index in [4.69, 9.17) is 15.0 Å². The lowest BCUT2D eigenvalue weighted by molar-refractivity contribution is 0.608. The number of hydrogen-bond acceptors (Lipinski definition) is 4. The zero-order valence-corrected chi connectivity index (χ0v) is 29.5. The summed E-state index contributed by atoms with van der Waals surface area (Å²) in [4.78, 5) is 18.5. The smallest absolute Gasteiger partial charge is 0.166 e. The Balaban J connectivity index is 1.54. The lowest BCUT2D eigenvalue weighted by Crippen LogP contribution is -2.47. The summed E-state index contributed by atoms with van der Waals surface area (Å²) in [5.74, 6) is 2.43. The molecule has 51 heavy (non-hydrogen) atoms. The van der Waals surface area contributed by atoms with Crippen LogP contribution in [-0.4, -0.2) is 15.0 Å². The van der Waals surface area contributed by atoms with E-state index >= 15 is 0 Å². The van der Waals surface area contributed by atoms with Crippen LogP contribution in [0.25, 0.3) is 22.8 Å². The molecule has 6 aromatic carbocycles. The van der Waals surface area contributed by atoms with E-state index in [9.17, 15) is 0 Å². The van der Waals surface area contributed by atoms with Crippen molar-refractivity contribution in [3.8, 4) is 22.8 Å². The van der Waals surface area contributed by atoms with Crippen molar-refractivity contribution in [3.63, 3.8) is 0 Å². The Bertz CT molecular complexity index is 2140. The minimum Gasteiger partial charge on any atom is -0.333 e. The van der Waals surface area contributed by atoms with Crippen LogP contribution in [-0.2, 0) is 5.54 Å². The number of fused-ring (bicyclic) bond motifs is 1. The summed E-state index contributed by atoms with van der Waals surface area (Å²) in [6.07, 6.45) is 0. The van der Waals surface area contributed by atoms with Crippen LogP contribution in [0.4, 0.5) is 5.69 Å². The predicted molar refractivity (Wildman–Crippen MR) is 208 cm³/mol. The molecule has 0 N–H and O–H groups in total. The molecule has 1 aliphatic heterocycles. The number of hydrogen-bond donors (Lipinski definition) is 0. The third kappa shape index (κ3) is 5.52. The van der Waals surface area contributed by atoms with Crippen LogP contribution >= 0.6 is 0 Å². The molecule has 0 atom stereocenters. The van der Waals surface area contributed by atoms with Crippen LogP contribution in [0.2, 0.25) is 0 Å². The summed E-state index contributed by atoms with van der Waals surface area (Å²) in [6, 6.07) is 59.0. The molecular formula is C47H41N4. The second-order valence-corrected chi connectivity index (χ2v) is 13.8. The summed E-state index contributed by atoms with van der Waals surface area (Å²) >= 11 is 0. The lowest BCUT2D eigenvalue weighted by atomic mass is 9.76. The molecule has 249 valence electrons. The molecule has 7 aromatic rings. The molecule has 0 saturated heterocycles. The number of para-hydroxylation sites is 1. The zero-order chi connectivity index (χ0) is 35.0. The molecule has 0 unspecified atom stereocenters. The van der Waals surface area contributed by atoms with Crippen LogP contribution in [0.5, 0.6) is 0 Å². The van der Waals surface area contributed by atoms with Crippen molar-refractivity contribution in [1.29, 1.82) is 0 Å². The van der Waals surface area contributed by atoms with Crippen molar-refractivity contribution in [3.05, 3.63) is 209 Å². The van der Waals surface area contributed by atoms with Gasteiger partial charge in [-0.05, 0) is 45.2 Å². The van der Waals surface area contributed by atoms with E-state index in [0.717, 1.165) is 22.7 Å². The van der Waals surface area contributed by atoms with Gasteiger partial charge in [0.25, 0.3) is 0 Å². The maximum atomic E-state index is 5.39. The van der Waals surface area contributed by atoms with E-state index in [2.05, 4.69) is 160 Å². The highest BCUT2D eigenvalue weighted by molar-refractivity contribution is 5.81. The molecule has 8 rings (SSSR count). The quantitative estimate of drug-likeness (QED) is 0.163. The second-order valence-electron chi connectivity index (χ2n) is 13.8. The van der Waals surface area contributed by atoms with Gasteiger partial charge in [0.15, 0.2) is 23.5 Å². The van der Waals surface area contributed by atoms with Crippen molar-refractivity contribution in [1.82, 2.24) is 15.0 Å². The van der Waals surface area contributed by atoms with Gasteiger partial charge in [0, 0.05) is 16.8 Å². The van der Waals surface area contributed by atoms with Crippen LogP contribution in [0.1, 0.15) is 78.7 Å². The summed E-state index contributed by atoms with van der Waals surface area (Å²) in [7, 11) is 0. The highest BCUT2D eigenvalue weighted by atomic mass is 15.3. The maximum absolute atomic E-state index is 5.39. The normalized spacial score (nSPS) is 13.9. The SMILES string of the molecule is CC(C)c1cccc(C(C)C)c1N1[C](c2nc(-c3ccccc3)nc(-c3ccccc3)n2)c2ccccc2C1(c1ccccc1)c1ccccc1. The van der Waals surface area contributed by atoms with E-state index in [1.165, 1.54) is 33.5 Å². The van der Waals surface area contributed by atoms with Crippen molar-refractivity contribution in [2.75, 3.05) is 4.90 Å². The molecule has 0 amide bonds. The minimum atomic E-state index is -0.741. The molecule has 2 heterocycles. The summed E-state index contributed by atoms with van der Waals surface area (Å²) in [6.45, 7) is 9.18. The fourth-order valence-corrected chi connectivity index (χ4v) is 7.69. The predicted octanol–water partition coefficient (Wildman–Crippen LogP) is 11.2. The first-order valence-corrected chi connectivity index (χ1v) is 17.9. The number of anilines is 1. The van der Waals surface area contributed by atoms with Gasteiger partial charge < -0.3 is 4.90 Å². The molecule has 1 aliphatic rings. The minimum absolute atomic E-state index is 0.256. The molecule has 1 aromatic heterocycles. The van der Waals surface area contributed by atoms with Gasteiger partial charge in [-0.1, -0.05) is 191 Å². The van der Waals surface area contributed by atoms with E-state index in [-0.39, 0.29) is 11.8 Å². The van der Waals surface area contributed by atoms with Gasteiger partial charge in [-0.25, -0.2) is 15.0 Å². The highest BCUT2D eigenvalue weighted by Gasteiger charge is 2.56. The number of aromatic nitrogens is 3. The third-order valence-electron chi connectivity index (χ3n) is 9.99. The van der Waals surface area contributed by atoms with Gasteiger partial charge in [-0.2, -0.15) is 0 Å². The number of benzene rings is 6. The molecule has 4 heteroatoms. The molecule has 0 fully saturated rings. The Labute approximate surface area is 301 Å². The van der Waals surface area contributed by atoms with Crippen molar-refractivity contribution < 1.29 is 0 Å². The highest BCUT2D eigenvalue weighted by Crippen LogP contribution is 2.58. The Morgan fingerprint density at radius 1 is 0.431 bits per heavy atom. The van der Waals surface area contributed by atoms with Crippen LogP contribution in [0.15, 0.2) is 164 Å². The Kier molecular flexibility index (Phi) is 8.53. The van der Waals surface area contributed by atoms with Crippen molar-refractivity contribution in [2.45, 2.75) is 45.1 Å². The maximum Gasteiger partial charge on any atom is 0.166 e. The molecule has 0 aliphatic carbocycles.